The van der Waals surface area contributed by atoms with E-state index in [1.807, 2.05) is 13.0 Å². The highest BCUT2D eigenvalue weighted by atomic mass is 35.5. The number of halogens is 1. The van der Waals surface area contributed by atoms with Crippen LogP contribution in [-0.4, -0.2) is 27.0 Å². The number of nitrogens with one attached hydrogen (secondary N) is 2. The van der Waals surface area contributed by atoms with E-state index in [4.69, 9.17) is 11.6 Å². The first-order valence-corrected chi connectivity index (χ1v) is 7.43. The first-order valence-electron chi connectivity index (χ1n) is 6.01. The third-order valence-electron chi connectivity index (χ3n) is 3.17. The Bertz CT molecular complexity index is 686. The summed E-state index contributed by atoms with van der Waals surface area (Å²) in [6.45, 7) is 1.92. The molecule has 0 aliphatic carbocycles. The molecule has 1 amide bonds. The van der Waals surface area contributed by atoms with Gasteiger partial charge in [0, 0.05) is 11.3 Å². The number of aryl methyl sites for hydroxylation is 1. The number of benzene rings is 1. The van der Waals surface area contributed by atoms with Gasteiger partial charge in [0.25, 0.3) is 0 Å². The molecule has 0 saturated heterocycles. The Morgan fingerprint density at radius 1 is 1.50 bits per heavy atom. The standard InChI is InChI=1S/C13H12ClN3O2S/c1-6-11-12(7-2-3-9(18)8(14)4-7)20-5-10(19)15-13(11)17-16-6/h2-4,12,18H,5H2,1H3,(H2,15,16,17,19)/t12-/m1/s1. The number of phenolic OH excluding ortho intramolecular Hbond substituents is 1. The Balaban J connectivity index is 2.10. The van der Waals surface area contributed by atoms with Crippen molar-refractivity contribution < 1.29 is 9.90 Å². The summed E-state index contributed by atoms with van der Waals surface area (Å²) in [6, 6.07) is 5.10. The maximum absolute atomic E-state index is 11.7. The number of carbonyl (C=O) groups is 1. The Morgan fingerprint density at radius 3 is 3.05 bits per heavy atom. The lowest BCUT2D eigenvalue weighted by molar-refractivity contribution is -0.113. The van der Waals surface area contributed by atoms with E-state index in [0.717, 1.165) is 16.8 Å². The van der Waals surface area contributed by atoms with Gasteiger partial charge < -0.3 is 10.4 Å². The molecule has 2 aromatic rings. The Morgan fingerprint density at radius 2 is 2.30 bits per heavy atom. The molecule has 2 heterocycles. The van der Waals surface area contributed by atoms with E-state index >= 15 is 0 Å². The minimum Gasteiger partial charge on any atom is -0.506 e. The largest absolute Gasteiger partial charge is 0.506 e. The first kappa shape index (κ1) is 13.3. The minimum absolute atomic E-state index is 0.0485. The molecule has 7 heteroatoms. The lowest BCUT2D eigenvalue weighted by Gasteiger charge is -2.15. The number of aromatic hydroxyl groups is 1. The average molecular weight is 310 g/mol. The normalized spacial score (nSPS) is 18.3. The van der Waals surface area contributed by atoms with E-state index in [1.54, 1.807) is 12.1 Å². The van der Waals surface area contributed by atoms with Gasteiger partial charge in [-0.15, -0.1) is 11.8 Å². The third kappa shape index (κ3) is 2.25. The van der Waals surface area contributed by atoms with Crippen LogP contribution >= 0.6 is 23.4 Å². The van der Waals surface area contributed by atoms with E-state index in [9.17, 15) is 9.90 Å². The number of thioether (sulfide) groups is 1. The number of anilines is 1. The number of hydrogen-bond donors (Lipinski definition) is 3. The maximum atomic E-state index is 11.7. The summed E-state index contributed by atoms with van der Waals surface area (Å²) in [4.78, 5) is 11.7. The summed E-state index contributed by atoms with van der Waals surface area (Å²) in [5, 5.41) is 19.6. The molecular weight excluding hydrogens is 298 g/mol. The molecule has 1 aliphatic rings. The predicted molar refractivity (Wildman–Crippen MR) is 79.4 cm³/mol. The smallest absolute Gasteiger partial charge is 0.235 e. The number of carbonyl (C=O) groups excluding carboxylic acids is 1. The second-order valence-electron chi connectivity index (χ2n) is 4.56. The molecule has 1 atom stereocenters. The van der Waals surface area contributed by atoms with Crippen molar-refractivity contribution in [2.45, 2.75) is 12.2 Å². The third-order valence-corrected chi connectivity index (χ3v) is 4.74. The van der Waals surface area contributed by atoms with Crippen molar-refractivity contribution in [3.05, 3.63) is 40.0 Å². The van der Waals surface area contributed by atoms with E-state index in [1.165, 1.54) is 11.8 Å². The first-order chi connectivity index (χ1) is 9.56. The van der Waals surface area contributed by atoms with E-state index in [-0.39, 0.29) is 16.9 Å². The number of nitrogens with zero attached hydrogens (tertiary/aromatic N) is 1. The molecule has 0 saturated carbocycles. The van der Waals surface area contributed by atoms with Crippen LogP contribution < -0.4 is 5.32 Å². The van der Waals surface area contributed by atoms with Crippen LogP contribution in [-0.2, 0) is 4.79 Å². The molecular formula is C13H12ClN3O2S. The van der Waals surface area contributed by atoms with Crippen LogP contribution in [0, 0.1) is 6.92 Å². The fourth-order valence-electron chi connectivity index (χ4n) is 2.21. The Hall–Kier alpha value is -1.66. The molecule has 3 N–H and O–H groups in total. The molecule has 0 unspecified atom stereocenters. The lowest BCUT2D eigenvalue weighted by Crippen LogP contribution is -2.12. The monoisotopic (exact) mass is 309 g/mol. The molecule has 1 aliphatic heterocycles. The van der Waals surface area contributed by atoms with Crippen molar-refractivity contribution in [2.75, 3.05) is 11.1 Å². The van der Waals surface area contributed by atoms with Crippen LogP contribution in [0.15, 0.2) is 18.2 Å². The van der Waals surface area contributed by atoms with Gasteiger partial charge in [-0.1, -0.05) is 17.7 Å². The molecule has 1 aromatic carbocycles. The van der Waals surface area contributed by atoms with Crippen LogP contribution in [0.2, 0.25) is 5.02 Å². The molecule has 104 valence electrons. The molecule has 20 heavy (non-hydrogen) atoms. The highest BCUT2D eigenvalue weighted by molar-refractivity contribution is 8.00. The van der Waals surface area contributed by atoms with Gasteiger partial charge in [-0.05, 0) is 24.6 Å². The quantitative estimate of drug-likeness (QED) is 0.757. The van der Waals surface area contributed by atoms with Crippen molar-refractivity contribution in [1.29, 1.82) is 0 Å². The summed E-state index contributed by atoms with van der Waals surface area (Å²) in [6.07, 6.45) is 0. The zero-order chi connectivity index (χ0) is 14.3. The topological polar surface area (TPSA) is 78.0 Å². The number of amides is 1. The van der Waals surface area contributed by atoms with Crippen molar-refractivity contribution >= 4 is 35.1 Å². The van der Waals surface area contributed by atoms with Crippen molar-refractivity contribution in [1.82, 2.24) is 10.2 Å². The number of aromatic nitrogens is 2. The van der Waals surface area contributed by atoms with Crippen LogP contribution in [0.25, 0.3) is 0 Å². The molecule has 0 fully saturated rings. The summed E-state index contributed by atoms with van der Waals surface area (Å²) in [7, 11) is 0. The van der Waals surface area contributed by atoms with Gasteiger partial charge >= 0.3 is 0 Å². The number of aromatic amines is 1. The maximum Gasteiger partial charge on any atom is 0.235 e. The van der Waals surface area contributed by atoms with Gasteiger partial charge in [0.15, 0.2) is 5.82 Å². The summed E-state index contributed by atoms with van der Waals surface area (Å²) in [5.41, 5.74) is 2.78. The van der Waals surface area contributed by atoms with Crippen LogP contribution in [0.3, 0.4) is 0 Å². The fraction of sp³-hybridized carbons (Fsp3) is 0.231. The minimum atomic E-state index is -0.0740. The number of rotatable bonds is 1. The highest BCUT2D eigenvalue weighted by Crippen LogP contribution is 2.43. The zero-order valence-electron chi connectivity index (χ0n) is 10.6. The van der Waals surface area contributed by atoms with Crippen LogP contribution in [0.4, 0.5) is 5.82 Å². The van der Waals surface area contributed by atoms with Gasteiger partial charge in [0.2, 0.25) is 5.91 Å². The molecule has 0 spiro atoms. The number of hydrogen-bond acceptors (Lipinski definition) is 4. The Labute approximate surface area is 124 Å². The van der Waals surface area contributed by atoms with Gasteiger partial charge in [-0.25, -0.2) is 0 Å². The second-order valence-corrected chi connectivity index (χ2v) is 6.06. The molecule has 3 rings (SSSR count). The van der Waals surface area contributed by atoms with E-state index in [0.29, 0.717) is 16.6 Å². The summed E-state index contributed by atoms with van der Waals surface area (Å²) >= 11 is 7.49. The van der Waals surface area contributed by atoms with Gasteiger partial charge in [-0.2, -0.15) is 5.10 Å². The van der Waals surface area contributed by atoms with Gasteiger partial charge in [0.05, 0.1) is 16.0 Å². The van der Waals surface area contributed by atoms with Gasteiger partial charge in [0.1, 0.15) is 5.75 Å². The number of phenols is 1. The molecule has 0 bridgehead atoms. The fourth-order valence-corrected chi connectivity index (χ4v) is 3.59. The van der Waals surface area contributed by atoms with Crippen molar-refractivity contribution in [3.63, 3.8) is 0 Å². The van der Waals surface area contributed by atoms with Crippen molar-refractivity contribution in [3.8, 4) is 5.75 Å². The summed E-state index contributed by atoms with van der Waals surface area (Å²) < 4.78 is 0. The predicted octanol–water partition coefficient (Wildman–Crippen LogP) is 2.85. The lowest BCUT2D eigenvalue weighted by atomic mass is 10.0. The van der Waals surface area contributed by atoms with Gasteiger partial charge in [-0.3, -0.25) is 9.89 Å². The molecule has 5 nitrogen and oxygen atoms in total. The van der Waals surface area contributed by atoms with E-state index < -0.39 is 0 Å². The number of H-pyrrole nitrogens is 1. The van der Waals surface area contributed by atoms with Crippen molar-refractivity contribution in [2.24, 2.45) is 0 Å². The SMILES string of the molecule is Cc1[nH]nc2c1[C@@H](c1ccc(O)c(Cl)c1)SCC(=O)N2. The molecule has 0 radical (unpaired) electrons. The second kappa shape index (κ2) is 5.03. The average Bonchev–Trinajstić information content (AvgIpc) is 2.67. The summed E-state index contributed by atoms with van der Waals surface area (Å²) in [5.74, 6) is 0.882. The van der Waals surface area contributed by atoms with Crippen LogP contribution in [0.5, 0.6) is 5.75 Å². The Kier molecular flexibility index (Phi) is 3.35. The highest BCUT2D eigenvalue weighted by Gasteiger charge is 2.28. The number of fused-ring (bicyclic) bond motifs is 1. The van der Waals surface area contributed by atoms with E-state index in [2.05, 4.69) is 15.5 Å². The molecule has 1 aromatic heterocycles. The van der Waals surface area contributed by atoms with Crippen LogP contribution in [0.1, 0.15) is 22.1 Å². The zero-order valence-corrected chi connectivity index (χ0v) is 12.2.